The van der Waals surface area contributed by atoms with Gasteiger partial charge in [-0.15, -0.1) is 23.5 Å². The third-order valence-corrected chi connectivity index (χ3v) is 10.3. The van der Waals surface area contributed by atoms with Crippen molar-refractivity contribution in [3.63, 3.8) is 0 Å². The summed E-state index contributed by atoms with van der Waals surface area (Å²) in [5.41, 5.74) is 0.936. The van der Waals surface area contributed by atoms with Crippen molar-refractivity contribution in [2.24, 2.45) is 17.8 Å². The number of hydrogen-bond acceptors (Lipinski definition) is 3. The van der Waals surface area contributed by atoms with Crippen LogP contribution in [-0.4, -0.2) is 21.5 Å². The van der Waals surface area contributed by atoms with E-state index >= 15 is 0 Å². The van der Waals surface area contributed by atoms with Gasteiger partial charge in [0.25, 0.3) is 0 Å². The zero-order chi connectivity index (χ0) is 15.9. The fraction of sp³-hybridized carbons (Fsp3) is 0.611. The van der Waals surface area contributed by atoms with Gasteiger partial charge in [-0.25, -0.2) is 0 Å². The number of carbonyl (C=O) groups excluding carboxylic acids is 1. The minimum atomic E-state index is 0.206. The molecule has 1 spiro atoms. The van der Waals surface area contributed by atoms with Crippen molar-refractivity contribution in [1.29, 1.82) is 0 Å². The highest BCUT2D eigenvalue weighted by Crippen LogP contribution is 2.64. The van der Waals surface area contributed by atoms with E-state index in [1.54, 1.807) is 0 Å². The van der Waals surface area contributed by atoms with Crippen LogP contribution >= 0.6 is 46.1 Å². The van der Waals surface area contributed by atoms with Gasteiger partial charge in [0, 0.05) is 26.7 Å². The van der Waals surface area contributed by atoms with Crippen LogP contribution in [0.5, 0.6) is 0 Å². The number of rotatable bonds is 2. The Morgan fingerprint density at radius 3 is 2.30 bits per heavy atom. The summed E-state index contributed by atoms with van der Waals surface area (Å²) in [6.45, 7) is 0. The number of anilines is 1. The lowest BCUT2D eigenvalue weighted by molar-refractivity contribution is -0.122. The molecule has 1 aliphatic heterocycles. The van der Waals surface area contributed by atoms with E-state index in [4.69, 9.17) is 0 Å². The third-order valence-electron chi connectivity index (χ3n) is 5.60. The van der Waals surface area contributed by atoms with Crippen LogP contribution in [-0.2, 0) is 4.79 Å². The van der Waals surface area contributed by atoms with Crippen LogP contribution < -0.4 is 5.32 Å². The van der Waals surface area contributed by atoms with Gasteiger partial charge in [-0.2, -0.15) is 0 Å². The van der Waals surface area contributed by atoms with E-state index in [9.17, 15) is 4.79 Å². The normalized spacial score (nSPS) is 32.0. The number of thioether (sulfide) groups is 2. The summed E-state index contributed by atoms with van der Waals surface area (Å²) in [7, 11) is 0. The molecule has 2 nitrogen and oxygen atoms in total. The quantitative estimate of drug-likeness (QED) is 0.614. The minimum Gasteiger partial charge on any atom is -0.326 e. The summed E-state index contributed by atoms with van der Waals surface area (Å²) >= 11 is 6.71. The Kier molecular flexibility index (Phi) is 4.89. The summed E-state index contributed by atoms with van der Waals surface area (Å²) < 4.78 is 1.66. The first kappa shape index (κ1) is 16.6. The van der Waals surface area contributed by atoms with Gasteiger partial charge in [0.1, 0.15) is 0 Å². The summed E-state index contributed by atoms with van der Waals surface area (Å²) in [6, 6.07) is 8.11. The molecule has 1 heterocycles. The van der Waals surface area contributed by atoms with Crippen LogP contribution in [0.15, 0.2) is 24.3 Å². The Morgan fingerprint density at radius 2 is 1.70 bits per heavy atom. The molecule has 0 radical (unpaired) electrons. The molecular weight excluding hydrogens is 437 g/mol. The zero-order valence-electron chi connectivity index (χ0n) is 13.1. The standard InChI is InChI=1S/C18H22INOS2/c19-15-4-6-16(7-5-15)20-17(21)12-10-13-2-1-3-14(11-12)18(13)22-8-9-23-18/h4-7,12-14H,1-3,8-11H2,(H,20,21). The average Bonchev–Trinajstić information content (AvgIpc) is 2.99. The molecule has 1 aromatic carbocycles. The average molecular weight is 459 g/mol. The van der Waals surface area contributed by atoms with Crippen molar-refractivity contribution in [3.8, 4) is 0 Å². The lowest BCUT2D eigenvalue weighted by Gasteiger charge is -2.52. The highest BCUT2D eigenvalue weighted by atomic mass is 127. The Labute approximate surface area is 160 Å². The Hall–Kier alpha value is 0.120. The van der Waals surface area contributed by atoms with E-state index in [0.29, 0.717) is 4.08 Å². The lowest BCUT2D eigenvalue weighted by Crippen LogP contribution is -2.48. The predicted molar refractivity (Wildman–Crippen MR) is 109 cm³/mol. The predicted octanol–water partition coefficient (Wildman–Crippen LogP) is 5.23. The second kappa shape index (κ2) is 6.79. The first-order valence-corrected chi connectivity index (χ1v) is 11.6. The van der Waals surface area contributed by atoms with Crippen LogP contribution in [0.25, 0.3) is 0 Å². The molecule has 3 fully saturated rings. The van der Waals surface area contributed by atoms with Crippen LogP contribution in [0, 0.1) is 21.3 Å². The SMILES string of the molecule is O=C(Nc1ccc(I)cc1)C1CC2CCCC(C1)C21SCCS1. The number of hydrogen-bond donors (Lipinski definition) is 1. The Morgan fingerprint density at radius 1 is 1.09 bits per heavy atom. The Balaban J connectivity index is 1.46. The van der Waals surface area contributed by atoms with Gasteiger partial charge < -0.3 is 5.32 Å². The fourth-order valence-electron chi connectivity index (χ4n) is 4.60. The van der Waals surface area contributed by atoms with Gasteiger partial charge in [-0.1, -0.05) is 6.42 Å². The molecule has 2 unspecified atom stereocenters. The largest absolute Gasteiger partial charge is 0.326 e. The molecule has 23 heavy (non-hydrogen) atoms. The van der Waals surface area contributed by atoms with E-state index in [2.05, 4.69) is 51.4 Å². The lowest BCUT2D eigenvalue weighted by atomic mass is 9.67. The van der Waals surface area contributed by atoms with E-state index < -0.39 is 0 Å². The molecule has 5 heteroatoms. The second-order valence-corrected chi connectivity index (χ2v) is 11.2. The molecule has 1 saturated heterocycles. The van der Waals surface area contributed by atoms with E-state index in [-0.39, 0.29) is 11.8 Å². The first-order chi connectivity index (χ1) is 11.2. The van der Waals surface area contributed by atoms with Crippen molar-refractivity contribution in [1.82, 2.24) is 0 Å². The van der Waals surface area contributed by atoms with Crippen LogP contribution in [0.2, 0.25) is 0 Å². The second-order valence-electron chi connectivity index (χ2n) is 6.91. The first-order valence-electron chi connectivity index (χ1n) is 8.52. The van der Waals surface area contributed by atoms with Crippen molar-refractivity contribution < 1.29 is 4.79 Å². The molecular formula is C18H22INOS2. The monoisotopic (exact) mass is 459 g/mol. The number of benzene rings is 1. The molecule has 3 aliphatic rings. The van der Waals surface area contributed by atoms with Gasteiger partial charge in [0.05, 0.1) is 4.08 Å². The Bertz CT molecular complexity index is 569. The molecule has 124 valence electrons. The summed E-state index contributed by atoms with van der Waals surface area (Å²) in [6.07, 6.45) is 6.19. The maximum absolute atomic E-state index is 12.8. The molecule has 2 aliphatic carbocycles. The van der Waals surface area contributed by atoms with Gasteiger partial charge in [-0.05, 0) is 84.4 Å². The smallest absolute Gasteiger partial charge is 0.227 e. The molecule has 1 aromatic rings. The maximum Gasteiger partial charge on any atom is 0.227 e. The van der Waals surface area contributed by atoms with Crippen molar-refractivity contribution >= 4 is 57.7 Å². The van der Waals surface area contributed by atoms with Crippen molar-refractivity contribution in [3.05, 3.63) is 27.8 Å². The van der Waals surface area contributed by atoms with Gasteiger partial charge in [-0.3, -0.25) is 4.79 Å². The van der Waals surface area contributed by atoms with Crippen LogP contribution in [0.3, 0.4) is 0 Å². The molecule has 0 aromatic heterocycles. The number of amides is 1. The van der Waals surface area contributed by atoms with E-state index in [1.165, 1.54) is 34.3 Å². The van der Waals surface area contributed by atoms with Crippen molar-refractivity contribution in [2.45, 2.75) is 36.2 Å². The molecule has 1 amide bonds. The third kappa shape index (κ3) is 3.17. The van der Waals surface area contributed by atoms with Gasteiger partial charge >= 0.3 is 0 Å². The number of nitrogens with one attached hydrogen (secondary N) is 1. The number of halogens is 1. The highest BCUT2D eigenvalue weighted by molar-refractivity contribution is 14.1. The minimum absolute atomic E-state index is 0.206. The summed E-state index contributed by atoms with van der Waals surface area (Å²) in [5.74, 6) is 4.52. The van der Waals surface area contributed by atoms with Gasteiger partial charge in [0.15, 0.2) is 0 Å². The van der Waals surface area contributed by atoms with Crippen LogP contribution in [0.1, 0.15) is 32.1 Å². The summed E-state index contributed by atoms with van der Waals surface area (Å²) in [5, 5.41) is 3.15. The molecule has 4 rings (SSSR count). The van der Waals surface area contributed by atoms with E-state index in [1.807, 2.05) is 24.3 Å². The number of carbonyl (C=O) groups is 1. The molecule has 2 bridgehead atoms. The molecule has 2 atom stereocenters. The van der Waals surface area contributed by atoms with Gasteiger partial charge in [0.2, 0.25) is 5.91 Å². The van der Waals surface area contributed by atoms with Crippen LogP contribution in [0.4, 0.5) is 5.69 Å². The van der Waals surface area contributed by atoms with E-state index in [0.717, 1.165) is 30.4 Å². The molecule has 1 N–H and O–H groups in total. The maximum atomic E-state index is 12.8. The topological polar surface area (TPSA) is 29.1 Å². The highest BCUT2D eigenvalue weighted by Gasteiger charge is 2.55. The summed E-state index contributed by atoms with van der Waals surface area (Å²) in [4.78, 5) is 12.8. The fourth-order valence-corrected chi connectivity index (χ4v) is 8.90. The zero-order valence-corrected chi connectivity index (χ0v) is 16.9. The van der Waals surface area contributed by atoms with Crippen molar-refractivity contribution in [2.75, 3.05) is 16.8 Å². The molecule has 2 saturated carbocycles.